The average molecular weight is 278 g/mol. The third kappa shape index (κ3) is 2.17. The number of nitrogens with zero attached hydrogens (tertiary/aromatic N) is 3. The topological polar surface area (TPSA) is 76.9 Å². The van der Waals surface area contributed by atoms with Gasteiger partial charge in [-0.1, -0.05) is 12.1 Å². The molecule has 2 N–H and O–H groups in total. The zero-order valence-electron chi connectivity index (χ0n) is 11.6. The van der Waals surface area contributed by atoms with Gasteiger partial charge in [0.05, 0.1) is 42.0 Å². The van der Waals surface area contributed by atoms with Crippen molar-refractivity contribution in [3.05, 3.63) is 48.3 Å². The summed E-state index contributed by atoms with van der Waals surface area (Å²) < 4.78 is 7.23. The summed E-state index contributed by atoms with van der Waals surface area (Å²) >= 11 is 0. The Morgan fingerprint density at radius 3 is 2.86 bits per heavy atom. The molecular formula is C16H14N4O. The molecule has 0 unspecified atom stereocenters. The van der Waals surface area contributed by atoms with E-state index in [0.29, 0.717) is 17.3 Å². The number of nitrogens with two attached hydrogens (primary N) is 1. The second-order valence-electron chi connectivity index (χ2n) is 4.61. The van der Waals surface area contributed by atoms with Crippen molar-refractivity contribution in [3.8, 4) is 17.5 Å². The molecule has 5 heteroatoms. The highest BCUT2D eigenvalue weighted by atomic mass is 16.5. The smallest absolute Gasteiger partial charge is 0.143 e. The van der Waals surface area contributed by atoms with E-state index in [1.807, 2.05) is 41.0 Å². The number of fused-ring (bicyclic) bond motifs is 1. The standard InChI is InChI=1S/C16H14N4O/c1-21-15-10-11(6-7-12(15)18)20-14-5-3-2-4-13(14)19-16(20)8-9-17/h2-7,10H,8,18H2,1H3. The van der Waals surface area contributed by atoms with Crippen LogP contribution in [0.1, 0.15) is 5.82 Å². The Bertz CT molecular complexity index is 845. The van der Waals surface area contributed by atoms with Crippen molar-refractivity contribution in [1.29, 1.82) is 5.26 Å². The first kappa shape index (κ1) is 13.0. The molecule has 21 heavy (non-hydrogen) atoms. The fourth-order valence-electron chi connectivity index (χ4n) is 2.39. The molecule has 0 bridgehead atoms. The van der Waals surface area contributed by atoms with Crippen LogP contribution in [0.2, 0.25) is 0 Å². The third-order valence-electron chi connectivity index (χ3n) is 3.34. The lowest BCUT2D eigenvalue weighted by Gasteiger charge is -2.11. The van der Waals surface area contributed by atoms with Crippen LogP contribution in [0.5, 0.6) is 5.75 Å². The summed E-state index contributed by atoms with van der Waals surface area (Å²) in [4.78, 5) is 4.53. The number of hydrogen-bond donors (Lipinski definition) is 1. The van der Waals surface area contributed by atoms with E-state index in [1.54, 1.807) is 13.2 Å². The zero-order chi connectivity index (χ0) is 14.8. The zero-order valence-corrected chi connectivity index (χ0v) is 11.6. The average Bonchev–Trinajstić information content (AvgIpc) is 2.86. The largest absolute Gasteiger partial charge is 0.495 e. The Morgan fingerprint density at radius 2 is 2.10 bits per heavy atom. The number of nitrogen functional groups attached to an aromatic ring is 1. The van der Waals surface area contributed by atoms with E-state index >= 15 is 0 Å². The number of anilines is 1. The van der Waals surface area contributed by atoms with Crippen LogP contribution in [0.15, 0.2) is 42.5 Å². The summed E-state index contributed by atoms with van der Waals surface area (Å²) in [6, 6.07) is 15.5. The lowest BCUT2D eigenvalue weighted by Crippen LogP contribution is -2.02. The number of methoxy groups -OCH3 is 1. The van der Waals surface area contributed by atoms with Crippen molar-refractivity contribution in [2.24, 2.45) is 0 Å². The number of imidazole rings is 1. The molecule has 0 aliphatic carbocycles. The molecule has 3 rings (SSSR count). The van der Waals surface area contributed by atoms with Crippen LogP contribution < -0.4 is 10.5 Å². The Morgan fingerprint density at radius 1 is 1.29 bits per heavy atom. The van der Waals surface area contributed by atoms with E-state index in [-0.39, 0.29) is 6.42 Å². The molecule has 5 nitrogen and oxygen atoms in total. The Labute approximate surface area is 122 Å². The van der Waals surface area contributed by atoms with Crippen molar-refractivity contribution >= 4 is 16.7 Å². The second-order valence-corrected chi connectivity index (χ2v) is 4.61. The lowest BCUT2D eigenvalue weighted by atomic mass is 10.2. The second kappa shape index (κ2) is 5.17. The van der Waals surface area contributed by atoms with Gasteiger partial charge in [0.15, 0.2) is 0 Å². The number of rotatable bonds is 3. The summed E-state index contributed by atoms with van der Waals surface area (Å²) in [6.45, 7) is 0. The van der Waals surface area contributed by atoms with Crippen LogP contribution in [-0.4, -0.2) is 16.7 Å². The maximum absolute atomic E-state index is 9.01. The lowest BCUT2D eigenvalue weighted by molar-refractivity contribution is 0.417. The third-order valence-corrected chi connectivity index (χ3v) is 3.34. The summed E-state index contributed by atoms with van der Waals surface area (Å²) in [7, 11) is 1.58. The molecule has 1 aromatic heterocycles. The fraction of sp³-hybridized carbons (Fsp3) is 0.125. The van der Waals surface area contributed by atoms with Crippen LogP contribution >= 0.6 is 0 Å². The van der Waals surface area contributed by atoms with E-state index in [4.69, 9.17) is 15.7 Å². The molecular weight excluding hydrogens is 264 g/mol. The molecule has 104 valence electrons. The SMILES string of the molecule is COc1cc(-n2c(CC#N)nc3ccccc32)ccc1N. The van der Waals surface area contributed by atoms with E-state index in [1.165, 1.54) is 0 Å². The summed E-state index contributed by atoms with van der Waals surface area (Å²) in [5, 5.41) is 9.01. The normalized spacial score (nSPS) is 10.5. The monoisotopic (exact) mass is 278 g/mol. The van der Waals surface area contributed by atoms with Crippen molar-refractivity contribution in [2.75, 3.05) is 12.8 Å². The van der Waals surface area contributed by atoms with Gasteiger partial charge in [0.25, 0.3) is 0 Å². The van der Waals surface area contributed by atoms with Crippen LogP contribution in [0.3, 0.4) is 0 Å². The van der Waals surface area contributed by atoms with Crippen molar-refractivity contribution < 1.29 is 4.74 Å². The minimum atomic E-state index is 0.237. The van der Waals surface area contributed by atoms with Crippen LogP contribution in [0.4, 0.5) is 5.69 Å². The minimum Gasteiger partial charge on any atom is -0.495 e. The predicted molar refractivity (Wildman–Crippen MR) is 81.4 cm³/mol. The van der Waals surface area contributed by atoms with E-state index < -0.39 is 0 Å². The number of nitriles is 1. The van der Waals surface area contributed by atoms with Gasteiger partial charge >= 0.3 is 0 Å². The van der Waals surface area contributed by atoms with E-state index in [9.17, 15) is 0 Å². The van der Waals surface area contributed by atoms with Gasteiger partial charge in [-0.25, -0.2) is 4.98 Å². The maximum Gasteiger partial charge on any atom is 0.143 e. The van der Waals surface area contributed by atoms with E-state index in [2.05, 4.69) is 11.1 Å². The quantitative estimate of drug-likeness (QED) is 0.747. The highest BCUT2D eigenvalue weighted by Crippen LogP contribution is 2.28. The Kier molecular flexibility index (Phi) is 3.20. The molecule has 0 atom stereocenters. The summed E-state index contributed by atoms with van der Waals surface area (Å²) in [5.41, 5.74) is 9.12. The van der Waals surface area contributed by atoms with Crippen molar-refractivity contribution in [1.82, 2.24) is 9.55 Å². The fourth-order valence-corrected chi connectivity index (χ4v) is 2.39. The van der Waals surface area contributed by atoms with Gasteiger partial charge in [-0.2, -0.15) is 5.26 Å². The van der Waals surface area contributed by atoms with Gasteiger partial charge in [0, 0.05) is 6.07 Å². The molecule has 0 amide bonds. The highest BCUT2D eigenvalue weighted by molar-refractivity contribution is 5.78. The van der Waals surface area contributed by atoms with Crippen molar-refractivity contribution in [2.45, 2.75) is 6.42 Å². The number of aromatic nitrogens is 2. The van der Waals surface area contributed by atoms with Crippen LogP contribution in [0, 0.1) is 11.3 Å². The molecule has 0 saturated heterocycles. The molecule has 1 heterocycles. The number of benzene rings is 2. The number of hydrogen-bond acceptors (Lipinski definition) is 4. The summed E-state index contributed by atoms with van der Waals surface area (Å²) in [6.07, 6.45) is 0.237. The molecule has 0 radical (unpaired) electrons. The number of para-hydroxylation sites is 2. The summed E-state index contributed by atoms with van der Waals surface area (Å²) in [5.74, 6) is 1.30. The molecule has 0 saturated carbocycles. The molecule has 0 fully saturated rings. The van der Waals surface area contributed by atoms with Gasteiger partial charge in [0.1, 0.15) is 11.6 Å². The van der Waals surface area contributed by atoms with Gasteiger partial charge < -0.3 is 10.5 Å². The number of ether oxygens (including phenoxy) is 1. The molecule has 0 aliphatic heterocycles. The van der Waals surface area contributed by atoms with Gasteiger partial charge in [-0.05, 0) is 24.3 Å². The highest BCUT2D eigenvalue weighted by Gasteiger charge is 2.13. The van der Waals surface area contributed by atoms with Crippen molar-refractivity contribution in [3.63, 3.8) is 0 Å². The first-order valence-corrected chi connectivity index (χ1v) is 6.52. The van der Waals surface area contributed by atoms with Crippen LogP contribution in [0.25, 0.3) is 16.7 Å². The van der Waals surface area contributed by atoms with Gasteiger partial charge in [0.2, 0.25) is 0 Å². The molecule has 3 aromatic rings. The van der Waals surface area contributed by atoms with Crippen LogP contribution in [-0.2, 0) is 6.42 Å². The molecule has 0 spiro atoms. The first-order chi connectivity index (χ1) is 10.2. The Hall–Kier alpha value is -3.00. The van der Waals surface area contributed by atoms with Gasteiger partial charge in [-0.15, -0.1) is 0 Å². The Balaban J connectivity index is 2.28. The van der Waals surface area contributed by atoms with E-state index in [0.717, 1.165) is 16.7 Å². The molecule has 2 aromatic carbocycles. The van der Waals surface area contributed by atoms with Gasteiger partial charge in [-0.3, -0.25) is 4.57 Å². The maximum atomic E-state index is 9.01. The first-order valence-electron chi connectivity index (χ1n) is 6.52. The predicted octanol–water partition coefficient (Wildman–Crippen LogP) is 2.68. The minimum absolute atomic E-state index is 0.237. The molecule has 0 aliphatic rings.